The summed E-state index contributed by atoms with van der Waals surface area (Å²) < 4.78 is 12.0. The maximum Gasteiger partial charge on any atom is 0.410 e. The lowest BCUT2D eigenvalue weighted by Gasteiger charge is -2.33. The minimum Gasteiger partial charge on any atom is -0.455 e. The van der Waals surface area contributed by atoms with Gasteiger partial charge in [-0.05, 0) is 45.7 Å². The van der Waals surface area contributed by atoms with E-state index in [2.05, 4.69) is 10.4 Å². The Balaban J connectivity index is 1.57. The lowest BCUT2D eigenvalue weighted by molar-refractivity contribution is -0.153. The Morgan fingerprint density at radius 3 is 2.64 bits per heavy atom. The molecule has 0 bridgehead atoms. The first kappa shape index (κ1) is 23.8. The van der Waals surface area contributed by atoms with Crippen LogP contribution in [0.3, 0.4) is 0 Å². The number of aromatic nitrogens is 2. The van der Waals surface area contributed by atoms with E-state index in [1.165, 1.54) is 15.8 Å². The number of likely N-dealkylation sites (tertiary alicyclic amines) is 1. The molecular weight excluding hydrogens is 426 g/mol. The van der Waals surface area contributed by atoms with Gasteiger partial charge in [-0.3, -0.25) is 9.59 Å². The number of nitrogens with one attached hydrogen (secondary N) is 1. The van der Waals surface area contributed by atoms with E-state index in [0.717, 1.165) is 0 Å². The van der Waals surface area contributed by atoms with Gasteiger partial charge < -0.3 is 19.7 Å². The third-order valence-electron chi connectivity index (χ3n) is 4.90. The molecule has 10 heteroatoms. The Kier molecular flexibility index (Phi) is 7.33. The van der Waals surface area contributed by atoms with Crippen molar-refractivity contribution >= 4 is 23.8 Å². The maximum atomic E-state index is 12.5. The summed E-state index contributed by atoms with van der Waals surface area (Å²) in [6.07, 6.45) is 2.06. The van der Waals surface area contributed by atoms with E-state index < -0.39 is 36.1 Å². The van der Waals surface area contributed by atoms with E-state index >= 15 is 0 Å². The highest BCUT2D eigenvalue weighted by Crippen LogP contribution is 2.21. The minimum atomic E-state index is -0.628. The van der Waals surface area contributed by atoms with Crippen LogP contribution in [0.1, 0.15) is 39.2 Å². The molecule has 10 nitrogen and oxygen atoms in total. The van der Waals surface area contributed by atoms with E-state index in [9.17, 15) is 19.6 Å². The summed E-state index contributed by atoms with van der Waals surface area (Å²) in [4.78, 5) is 38.7. The summed E-state index contributed by atoms with van der Waals surface area (Å²) in [5.74, 6) is -1.50. The van der Waals surface area contributed by atoms with E-state index in [1.807, 2.05) is 12.1 Å². The van der Waals surface area contributed by atoms with Gasteiger partial charge in [-0.15, -0.1) is 0 Å². The number of piperidine rings is 1. The van der Waals surface area contributed by atoms with E-state index in [-0.39, 0.29) is 17.9 Å². The van der Waals surface area contributed by atoms with Crippen molar-refractivity contribution in [3.8, 4) is 11.8 Å². The summed E-state index contributed by atoms with van der Waals surface area (Å²) in [6, 6.07) is 11.0. The molecule has 1 fully saturated rings. The van der Waals surface area contributed by atoms with Gasteiger partial charge in [0.2, 0.25) is 0 Å². The average Bonchev–Trinajstić information content (AvgIpc) is 3.19. The number of benzene rings is 1. The number of amides is 2. The second kappa shape index (κ2) is 10.2. The van der Waals surface area contributed by atoms with Crippen LogP contribution in [0.25, 0.3) is 5.69 Å². The molecule has 0 saturated carbocycles. The van der Waals surface area contributed by atoms with Crippen LogP contribution in [-0.2, 0) is 19.1 Å². The van der Waals surface area contributed by atoms with Gasteiger partial charge in [0.05, 0.1) is 17.8 Å². The fraction of sp³-hybridized carbons (Fsp3) is 0.435. The highest BCUT2D eigenvalue weighted by Gasteiger charge is 2.32. The van der Waals surface area contributed by atoms with Crippen LogP contribution in [0.15, 0.2) is 36.5 Å². The van der Waals surface area contributed by atoms with E-state index in [1.54, 1.807) is 45.0 Å². The van der Waals surface area contributed by atoms with Gasteiger partial charge in [-0.2, -0.15) is 10.4 Å². The van der Waals surface area contributed by atoms with Gasteiger partial charge in [0, 0.05) is 13.1 Å². The number of esters is 1. The Morgan fingerprint density at radius 2 is 1.97 bits per heavy atom. The summed E-state index contributed by atoms with van der Waals surface area (Å²) in [7, 11) is 0. The topological polar surface area (TPSA) is 127 Å². The van der Waals surface area contributed by atoms with Crippen molar-refractivity contribution in [2.45, 2.75) is 39.2 Å². The van der Waals surface area contributed by atoms with E-state index in [4.69, 9.17) is 9.47 Å². The first-order valence-electron chi connectivity index (χ1n) is 10.7. The summed E-state index contributed by atoms with van der Waals surface area (Å²) in [5.41, 5.74) is 0.214. The smallest absolute Gasteiger partial charge is 0.410 e. The van der Waals surface area contributed by atoms with Crippen LogP contribution in [0.4, 0.5) is 10.6 Å². The molecule has 2 amide bonds. The number of ether oxygens (including phenoxy) is 2. The van der Waals surface area contributed by atoms with E-state index in [0.29, 0.717) is 25.1 Å². The van der Waals surface area contributed by atoms with Gasteiger partial charge in [-0.1, -0.05) is 18.2 Å². The Morgan fingerprint density at radius 1 is 1.24 bits per heavy atom. The summed E-state index contributed by atoms with van der Waals surface area (Å²) >= 11 is 0. The Labute approximate surface area is 192 Å². The number of anilines is 1. The predicted molar refractivity (Wildman–Crippen MR) is 118 cm³/mol. The molecule has 1 aliphatic rings. The minimum absolute atomic E-state index is 0.175. The number of rotatable bonds is 5. The average molecular weight is 453 g/mol. The fourth-order valence-electron chi connectivity index (χ4n) is 3.40. The molecule has 0 aliphatic carbocycles. The predicted octanol–water partition coefficient (Wildman–Crippen LogP) is 2.87. The molecule has 1 aromatic heterocycles. The Hall–Kier alpha value is -3.87. The molecule has 1 aliphatic heterocycles. The SMILES string of the molecule is CC(C)(C)OC(=O)N1CCCC(C(=O)OCC(=O)Nc2c(C#N)cnn2-c2ccccc2)C1. The zero-order chi connectivity index (χ0) is 24.0. The maximum absolute atomic E-state index is 12.5. The second-order valence-corrected chi connectivity index (χ2v) is 8.69. The van der Waals surface area contributed by atoms with Gasteiger partial charge in [0.15, 0.2) is 12.4 Å². The van der Waals surface area contributed by atoms with Crippen molar-refractivity contribution in [2.24, 2.45) is 5.92 Å². The number of para-hydroxylation sites is 1. The van der Waals surface area contributed by atoms with Crippen LogP contribution < -0.4 is 5.32 Å². The second-order valence-electron chi connectivity index (χ2n) is 8.69. The molecule has 1 saturated heterocycles. The van der Waals surface area contributed by atoms with Crippen molar-refractivity contribution in [1.29, 1.82) is 5.26 Å². The number of carbonyl (C=O) groups excluding carboxylic acids is 3. The van der Waals surface area contributed by atoms with Crippen molar-refractivity contribution in [3.63, 3.8) is 0 Å². The Bertz CT molecular complexity index is 1050. The molecule has 33 heavy (non-hydrogen) atoms. The first-order chi connectivity index (χ1) is 15.7. The molecule has 1 unspecified atom stereocenters. The van der Waals surface area contributed by atoms with Gasteiger partial charge in [0.1, 0.15) is 17.2 Å². The highest BCUT2D eigenvalue weighted by atomic mass is 16.6. The third-order valence-corrected chi connectivity index (χ3v) is 4.90. The van der Waals surface area contributed by atoms with Crippen molar-refractivity contribution in [2.75, 3.05) is 25.0 Å². The monoisotopic (exact) mass is 453 g/mol. The number of hydrogen-bond donors (Lipinski definition) is 1. The van der Waals surface area contributed by atoms with Gasteiger partial charge in [0.25, 0.3) is 5.91 Å². The molecule has 3 rings (SSSR count). The molecule has 1 aromatic carbocycles. The lowest BCUT2D eigenvalue weighted by Crippen LogP contribution is -2.45. The van der Waals surface area contributed by atoms with Gasteiger partial charge >= 0.3 is 12.1 Å². The number of carbonyl (C=O) groups is 3. The number of hydrogen-bond acceptors (Lipinski definition) is 7. The normalized spacial score (nSPS) is 15.9. The molecule has 0 radical (unpaired) electrons. The van der Waals surface area contributed by atoms with Crippen molar-refractivity contribution < 1.29 is 23.9 Å². The van der Waals surface area contributed by atoms with Crippen LogP contribution in [0.5, 0.6) is 0 Å². The van der Waals surface area contributed by atoms with Gasteiger partial charge in [-0.25, -0.2) is 9.48 Å². The zero-order valence-electron chi connectivity index (χ0n) is 18.9. The summed E-state index contributed by atoms with van der Waals surface area (Å²) in [5, 5.41) is 16.1. The van der Waals surface area contributed by atoms with Crippen LogP contribution >= 0.6 is 0 Å². The standard InChI is InChI=1S/C23H27N5O5/c1-23(2,3)33-22(31)27-11-7-8-16(14-27)21(30)32-15-19(29)26-20-17(12-24)13-25-28(20)18-9-5-4-6-10-18/h4-6,9-10,13,16H,7-8,11,14-15H2,1-3H3,(H,26,29). The molecule has 0 spiro atoms. The van der Waals surface area contributed by atoms with Crippen molar-refractivity contribution in [3.05, 3.63) is 42.1 Å². The van der Waals surface area contributed by atoms with Crippen molar-refractivity contribution in [1.82, 2.24) is 14.7 Å². The molecule has 2 aromatic rings. The largest absolute Gasteiger partial charge is 0.455 e. The number of nitriles is 1. The quantitative estimate of drug-likeness (QED) is 0.690. The first-order valence-corrected chi connectivity index (χ1v) is 10.7. The lowest BCUT2D eigenvalue weighted by atomic mass is 9.98. The molecule has 2 heterocycles. The van der Waals surface area contributed by atoms with Crippen LogP contribution in [-0.4, -0.2) is 57.9 Å². The molecule has 1 N–H and O–H groups in total. The molecule has 174 valence electrons. The zero-order valence-corrected chi connectivity index (χ0v) is 18.9. The van der Waals surface area contributed by atoms with Crippen LogP contribution in [0.2, 0.25) is 0 Å². The molecular formula is C23H27N5O5. The summed E-state index contributed by atoms with van der Waals surface area (Å²) in [6.45, 7) is 5.49. The highest BCUT2D eigenvalue weighted by molar-refractivity contribution is 5.93. The van der Waals surface area contributed by atoms with Crippen LogP contribution in [0, 0.1) is 17.2 Å². The fourth-order valence-corrected chi connectivity index (χ4v) is 3.40. The number of nitrogens with zero attached hydrogens (tertiary/aromatic N) is 4. The third kappa shape index (κ3) is 6.32. The molecule has 1 atom stereocenters.